The third-order valence-corrected chi connectivity index (χ3v) is 4.42. The maximum Gasteiger partial charge on any atom is 0.416 e. The molecule has 1 aliphatic heterocycles. The summed E-state index contributed by atoms with van der Waals surface area (Å²) in [5.41, 5.74) is 1.62. The molecule has 0 aliphatic carbocycles. The van der Waals surface area contributed by atoms with Crippen molar-refractivity contribution in [3.63, 3.8) is 0 Å². The minimum absolute atomic E-state index is 0.260. The maximum absolute atomic E-state index is 13.0. The summed E-state index contributed by atoms with van der Waals surface area (Å²) in [6.07, 6.45) is -0.361. The average Bonchev–Trinajstić information content (AvgIpc) is 2.65. The van der Waals surface area contributed by atoms with Crippen LogP contribution in [-0.2, 0) is 12.6 Å². The smallest absolute Gasteiger partial charge is 0.369 e. The van der Waals surface area contributed by atoms with Crippen molar-refractivity contribution in [1.82, 2.24) is 15.6 Å². The molecule has 0 spiro atoms. The van der Waals surface area contributed by atoms with Crippen LogP contribution in [0.1, 0.15) is 42.0 Å². The molecule has 8 heteroatoms. The van der Waals surface area contributed by atoms with Crippen LogP contribution in [-0.4, -0.2) is 23.2 Å². The van der Waals surface area contributed by atoms with E-state index in [2.05, 4.69) is 20.9 Å². The SMILES string of the molecule is CCNCCCc1cc2c(c(Nc3cccc(C(F)(F)F)c3)n1)C(O)NC=C2. The van der Waals surface area contributed by atoms with Crippen LogP contribution in [0.4, 0.5) is 24.7 Å². The Hall–Kier alpha value is -2.58. The van der Waals surface area contributed by atoms with Gasteiger partial charge in [0.1, 0.15) is 5.82 Å². The van der Waals surface area contributed by atoms with Crippen LogP contribution in [0, 0.1) is 0 Å². The minimum Gasteiger partial charge on any atom is -0.369 e. The summed E-state index contributed by atoms with van der Waals surface area (Å²) in [5, 5.41) is 19.3. The lowest BCUT2D eigenvalue weighted by Crippen LogP contribution is -2.21. The Morgan fingerprint density at radius 2 is 2.07 bits per heavy atom. The summed E-state index contributed by atoms with van der Waals surface area (Å²) in [7, 11) is 0. The molecule has 4 N–H and O–H groups in total. The van der Waals surface area contributed by atoms with Gasteiger partial charge in [-0.3, -0.25) is 0 Å². The predicted molar refractivity (Wildman–Crippen MR) is 103 cm³/mol. The number of fused-ring (bicyclic) bond motifs is 1. The highest BCUT2D eigenvalue weighted by atomic mass is 19.4. The number of pyridine rings is 1. The van der Waals surface area contributed by atoms with Crippen LogP contribution in [0.25, 0.3) is 6.08 Å². The first kappa shape index (κ1) is 20.2. The number of alkyl halides is 3. The number of aryl methyl sites for hydroxylation is 1. The monoisotopic (exact) mass is 392 g/mol. The van der Waals surface area contributed by atoms with Crippen molar-refractivity contribution in [3.05, 3.63) is 58.9 Å². The third kappa shape index (κ3) is 4.82. The number of nitrogens with one attached hydrogen (secondary N) is 3. The molecule has 150 valence electrons. The average molecular weight is 392 g/mol. The second-order valence-corrected chi connectivity index (χ2v) is 6.53. The Kier molecular flexibility index (Phi) is 6.21. The van der Waals surface area contributed by atoms with Crippen LogP contribution in [0.5, 0.6) is 0 Å². The first-order valence-corrected chi connectivity index (χ1v) is 9.18. The van der Waals surface area contributed by atoms with Gasteiger partial charge in [-0.2, -0.15) is 13.2 Å². The first-order valence-electron chi connectivity index (χ1n) is 9.18. The van der Waals surface area contributed by atoms with E-state index < -0.39 is 18.0 Å². The molecule has 1 aromatic heterocycles. The fourth-order valence-corrected chi connectivity index (χ4v) is 3.07. The first-order chi connectivity index (χ1) is 13.4. The molecule has 0 amide bonds. The van der Waals surface area contributed by atoms with E-state index in [1.165, 1.54) is 6.07 Å². The highest BCUT2D eigenvalue weighted by molar-refractivity contribution is 5.69. The molecule has 1 aromatic carbocycles. The van der Waals surface area contributed by atoms with Crippen molar-refractivity contribution in [2.75, 3.05) is 18.4 Å². The van der Waals surface area contributed by atoms with Crippen molar-refractivity contribution in [2.45, 2.75) is 32.2 Å². The summed E-state index contributed by atoms with van der Waals surface area (Å²) in [6, 6.07) is 6.83. The normalized spacial score (nSPS) is 15.8. The zero-order chi connectivity index (χ0) is 20.1. The van der Waals surface area contributed by atoms with Crippen LogP contribution in [0.2, 0.25) is 0 Å². The molecule has 0 saturated carbocycles. The molecule has 1 aliphatic rings. The van der Waals surface area contributed by atoms with Gasteiger partial charge in [0, 0.05) is 11.4 Å². The molecule has 3 rings (SSSR count). The van der Waals surface area contributed by atoms with Gasteiger partial charge in [0.05, 0.1) is 11.1 Å². The summed E-state index contributed by atoms with van der Waals surface area (Å²) < 4.78 is 39.0. The van der Waals surface area contributed by atoms with Gasteiger partial charge in [0.15, 0.2) is 6.23 Å². The van der Waals surface area contributed by atoms with Crippen LogP contribution in [0.15, 0.2) is 36.5 Å². The molecule has 2 heterocycles. The number of hydrogen-bond donors (Lipinski definition) is 4. The van der Waals surface area contributed by atoms with E-state index in [0.717, 1.165) is 49.3 Å². The van der Waals surface area contributed by atoms with E-state index in [9.17, 15) is 18.3 Å². The number of rotatable bonds is 7. The Balaban J connectivity index is 1.91. The second-order valence-electron chi connectivity index (χ2n) is 6.53. The minimum atomic E-state index is -4.43. The number of aliphatic hydroxyl groups is 1. The molecule has 2 aromatic rings. The predicted octanol–water partition coefficient (Wildman–Crippen LogP) is 3.95. The third-order valence-electron chi connectivity index (χ3n) is 4.42. The van der Waals surface area contributed by atoms with E-state index in [1.54, 1.807) is 12.3 Å². The van der Waals surface area contributed by atoms with E-state index in [1.807, 2.05) is 19.1 Å². The molecule has 0 saturated heterocycles. The van der Waals surface area contributed by atoms with Crippen molar-refractivity contribution >= 4 is 17.6 Å². The largest absolute Gasteiger partial charge is 0.416 e. The number of aromatic nitrogens is 1. The molecule has 1 atom stereocenters. The van der Waals surface area contributed by atoms with Gasteiger partial charge >= 0.3 is 6.18 Å². The number of hydrogen-bond acceptors (Lipinski definition) is 5. The Morgan fingerprint density at radius 1 is 1.25 bits per heavy atom. The van der Waals surface area contributed by atoms with Gasteiger partial charge in [-0.1, -0.05) is 13.0 Å². The van der Waals surface area contributed by atoms with Crippen molar-refractivity contribution in [2.24, 2.45) is 0 Å². The van der Waals surface area contributed by atoms with Gasteiger partial charge in [-0.05, 0) is 68.0 Å². The number of anilines is 2. The van der Waals surface area contributed by atoms with E-state index in [4.69, 9.17) is 0 Å². The van der Waals surface area contributed by atoms with Gasteiger partial charge in [-0.25, -0.2) is 4.98 Å². The molecule has 28 heavy (non-hydrogen) atoms. The topological polar surface area (TPSA) is 69.2 Å². The van der Waals surface area contributed by atoms with Crippen LogP contribution < -0.4 is 16.0 Å². The van der Waals surface area contributed by atoms with Crippen molar-refractivity contribution < 1.29 is 18.3 Å². The molecular formula is C20H23F3N4O. The van der Waals surface area contributed by atoms with Crippen molar-refractivity contribution in [3.8, 4) is 0 Å². The van der Waals surface area contributed by atoms with E-state index in [-0.39, 0.29) is 5.69 Å². The summed E-state index contributed by atoms with van der Waals surface area (Å²) in [6.45, 7) is 3.78. The quantitative estimate of drug-likeness (QED) is 0.537. The van der Waals surface area contributed by atoms with Crippen molar-refractivity contribution in [1.29, 1.82) is 0 Å². The summed E-state index contributed by atoms with van der Waals surface area (Å²) >= 11 is 0. The fraction of sp³-hybridized carbons (Fsp3) is 0.350. The van der Waals surface area contributed by atoms with Gasteiger partial charge in [0.2, 0.25) is 0 Å². The fourth-order valence-electron chi connectivity index (χ4n) is 3.07. The second kappa shape index (κ2) is 8.62. The molecule has 1 unspecified atom stereocenters. The van der Waals surface area contributed by atoms with E-state index in [0.29, 0.717) is 11.4 Å². The number of nitrogens with zero attached hydrogens (tertiary/aromatic N) is 1. The molecular weight excluding hydrogens is 369 g/mol. The summed E-state index contributed by atoms with van der Waals surface area (Å²) in [5.74, 6) is 0.347. The maximum atomic E-state index is 13.0. The molecule has 0 fully saturated rings. The standard InChI is InChI=1S/C20H23F3N4O/c1-2-24-9-4-7-15-11-13-8-10-25-19(28)17(13)18(26-15)27-16-6-3-5-14(12-16)20(21,22)23/h3,5-6,8,10-12,19,24-25,28H,2,4,7,9H2,1H3,(H,26,27). The number of aliphatic hydroxyl groups excluding tert-OH is 1. The summed E-state index contributed by atoms with van der Waals surface area (Å²) in [4.78, 5) is 4.57. The van der Waals surface area contributed by atoms with Crippen LogP contribution >= 0.6 is 0 Å². The Bertz CT molecular complexity index is 852. The highest BCUT2D eigenvalue weighted by Gasteiger charge is 2.30. The molecule has 0 radical (unpaired) electrons. The lowest BCUT2D eigenvalue weighted by atomic mass is 10.0. The Morgan fingerprint density at radius 3 is 2.82 bits per heavy atom. The molecule has 5 nitrogen and oxygen atoms in total. The molecule has 0 bridgehead atoms. The lowest BCUT2D eigenvalue weighted by molar-refractivity contribution is -0.137. The lowest BCUT2D eigenvalue weighted by Gasteiger charge is -2.23. The zero-order valence-electron chi connectivity index (χ0n) is 15.5. The van der Waals surface area contributed by atoms with E-state index >= 15 is 0 Å². The van der Waals surface area contributed by atoms with Gasteiger partial charge in [-0.15, -0.1) is 0 Å². The zero-order valence-corrected chi connectivity index (χ0v) is 15.5. The number of halogens is 3. The Labute approximate surface area is 161 Å². The highest BCUT2D eigenvalue weighted by Crippen LogP contribution is 2.34. The number of benzene rings is 1. The van der Waals surface area contributed by atoms with Crippen LogP contribution in [0.3, 0.4) is 0 Å². The van der Waals surface area contributed by atoms with Gasteiger partial charge < -0.3 is 21.1 Å². The van der Waals surface area contributed by atoms with Gasteiger partial charge in [0.25, 0.3) is 0 Å².